The molecule has 1 aliphatic rings. The lowest BCUT2D eigenvalue weighted by molar-refractivity contribution is 0.174. The first-order valence-electron chi connectivity index (χ1n) is 8.03. The third-order valence-corrected chi connectivity index (χ3v) is 3.90. The SMILES string of the molecule is CCCCC(F)COc1ccc(OC2CCCC2)c(F)c1F. The van der Waals surface area contributed by atoms with E-state index in [4.69, 9.17) is 9.47 Å². The number of unbranched alkanes of at least 4 members (excludes halogenated alkanes) is 1. The Kier molecular flexibility index (Phi) is 6.40. The molecule has 1 aromatic carbocycles. The highest BCUT2D eigenvalue weighted by molar-refractivity contribution is 5.35. The van der Waals surface area contributed by atoms with E-state index in [0.717, 1.165) is 38.5 Å². The Hall–Kier alpha value is -1.39. The van der Waals surface area contributed by atoms with Gasteiger partial charge in [-0.3, -0.25) is 0 Å². The van der Waals surface area contributed by atoms with Gasteiger partial charge in [0.15, 0.2) is 11.5 Å². The molecule has 1 aromatic rings. The molecule has 1 saturated carbocycles. The van der Waals surface area contributed by atoms with Crippen LogP contribution in [-0.4, -0.2) is 18.9 Å². The minimum Gasteiger partial charge on any atom is -0.487 e. The van der Waals surface area contributed by atoms with E-state index >= 15 is 0 Å². The van der Waals surface area contributed by atoms with E-state index in [9.17, 15) is 13.2 Å². The molecule has 1 unspecified atom stereocenters. The molecule has 0 bridgehead atoms. The molecule has 0 aliphatic heterocycles. The van der Waals surface area contributed by atoms with Crippen LogP contribution in [0, 0.1) is 11.6 Å². The van der Waals surface area contributed by atoms with Gasteiger partial charge in [-0.2, -0.15) is 8.78 Å². The largest absolute Gasteiger partial charge is 0.487 e. The maximum absolute atomic E-state index is 14.0. The fourth-order valence-corrected chi connectivity index (χ4v) is 2.59. The molecule has 0 radical (unpaired) electrons. The van der Waals surface area contributed by atoms with Gasteiger partial charge in [-0.25, -0.2) is 4.39 Å². The Morgan fingerprint density at radius 2 is 1.77 bits per heavy atom. The fourth-order valence-electron chi connectivity index (χ4n) is 2.59. The highest BCUT2D eigenvalue weighted by atomic mass is 19.2. The number of hydrogen-bond donors (Lipinski definition) is 0. The Morgan fingerprint density at radius 3 is 2.45 bits per heavy atom. The summed E-state index contributed by atoms with van der Waals surface area (Å²) in [5.41, 5.74) is 0. The van der Waals surface area contributed by atoms with E-state index in [-0.39, 0.29) is 24.2 Å². The average molecular weight is 316 g/mol. The molecule has 0 amide bonds. The predicted octanol–water partition coefficient (Wildman–Crippen LogP) is 5.19. The maximum Gasteiger partial charge on any atom is 0.204 e. The van der Waals surface area contributed by atoms with Gasteiger partial charge in [-0.05, 0) is 44.2 Å². The van der Waals surface area contributed by atoms with Gasteiger partial charge in [0.2, 0.25) is 11.6 Å². The van der Waals surface area contributed by atoms with Crippen molar-refractivity contribution in [3.63, 3.8) is 0 Å². The summed E-state index contributed by atoms with van der Waals surface area (Å²) in [5, 5.41) is 0. The van der Waals surface area contributed by atoms with E-state index in [2.05, 4.69) is 0 Å². The van der Waals surface area contributed by atoms with Crippen molar-refractivity contribution in [1.82, 2.24) is 0 Å². The highest BCUT2D eigenvalue weighted by Gasteiger charge is 2.22. The number of alkyl halides is 1. The van der Waals surface area contributed by atoms with Crippen molar-refractivity contribution in [2.75, 3.05) is 6.61 Å². The topological polar surface area (TPSA) is 18.5 Å². The zero-order valence-corrected chi connectivity index (χ0v) is 12.9. The second kappa shape index (κ2) is 8.30. The first-order valence-corrected chi connectivity index (χ1v) is 8.03. The third kappa shape index (κ3) is 4.55. The van der Waals surface area contributed by atoms with Gasteiger partial charge < -0.3 is 9.47 Å². The molecular formula is C17H23F3O2. The van der Waals surface area contributed by atoms with Crippen LogP contribution in [0.4, 0.5) is 13.2 Å². The molecule has 0 heterocycles. The van der Waals surface area contributed by atoms with Crippen LogP contribution in [0.15, 0.2) is 12.1 Å². The number of rotatable bonds is 8. The summed E-state index contributed by atoms with van der Waals surface area (Å²) in [6, 6.07) is 2.65. The molecule has 5 heteroatoms. The summed E-state index contributed by atoms with van der Waals surface area (Å²) in [6.07, 6.45) is 4.59. The Bertz CT molecular complexity index is 473. The van der Waals surface area contributed by atoms with Crippen LogP contribution in [0.1, 0.15) is 51.9 Å². The lowest BCUT2D eigenvalue weighted by atomic mass is 10.2. The molecule has 1 fully saturated rings. The lowest BCUT2D eigenvalue weighted by Gasteiger charge is -2.16. The van der Waals surface area contributed by atoms with E-state index in [1.54, 1.807) is 0 Å². The molecule has 124 valence electrons. The van der Waals surface area contributed by atoms with E-state index in [1.807, 2.05) is 6.92 Å². The van der Waals surface area contributed by atoms with Crippen molar-refractivity contribution in [3.8, 4) is 11.5 Å². The van der Waals surface area contributed by atoms with Crippen molar-refractivity contribution in [3.05, 3.63) is 23.8 Å². The number of benzene rings is 1. The predicted molar refractivity (Wildman–Crippen MR) is 79.2 cm³/mol. The third-order valence-electron chi connectivity index (χ3n) is 3.90. The first kappa shape index (κ1) is 17.0. The standard InChI is InChI=1S/C17H23F3O2/c1-2-3-6-12(18)11-21-14-9-10-15(17(20)16(14)19)22-13-7-4-5-8-13/h9-10,12-13H,2-8,11H2,1H3. The summed E-state index contributed by atoms with van der Waals surface area (Å²) in [5.74, 6) is -2.54. The van der Waals surface area contributed by atoms with Gasteiger partial charge in [0.25, 0.3) is 0 Å². The molecule has 2 nitrogen and oxygen atoms in total. The molecule has 2 rings (SSSR count). The maximum atomic E-state index is 14.0. The van der Waals surface area contributed by atoms with Crippen molar-refractivity contribution < 1.29 is 22.6 Å². The average Bonchev–Trinajstić information content (AvgIpc) is 3.02. The van der Waals surface area contributed by atoms with Gasteiger partial charge in [-0.15, -0.1) is 0 Å². The highest BCUT2D eigenvalue weighted by Crippen LogP contribution is 2.31. The van der Waals surface area contributed by atoms with Gasteiger partial charge in [0, 0.05) is 0 Å². The zero-order valence-electron chi connectivity index (χ0n) is 12.9. The molecule has 22 heavy (non-hydrogen) atoms. The number of halogens is 3. The Labute approximate surface area is 129 Å². The van der Waals surface area contributed by atoms with Gasteiger partial charge in [0.05, 0.1) is 6.10 Å². The monoisotopic (exact) mass is 316 g/mol. The summed E-state index contributed by atoms with van der Waals surface area (Å²) < 4.78 is 51.9. The summed E-state index contributed by atoms with van der Waals surface area (Å²) in [7, 11) is 0. The van der Waals surface area contributed by atoms with E-state index in [1.165, 1.54) is 12.1 Å². The van der Waals surface area contributed by atoms with Crippen molar-refractivity contribution in [2.24, 2.45) is 0 Å². The van der Waals surface area contributed by atoms with Gasteiger partial charge in [0.1, 0.15) is 12.8 Å². The van der Waals surface area contributed by atoms with Gasteiger partial charge >= 0.3 is 0 Å². The van der Waals surface area contributed by atoms with Crippen molar-refractivity contribution in [2.45, 2.75) is 64.1 Å². The van der Waals surface area contributed by atoms with E-state index in [0.29, 0.717) is 6.42 Å². The number of ether oxygens (including phenoxy) is 2. The fraction of sp³-hybridized carbons (Fsp3) is 0.647. The van der Waals surface area contributed by atoms with Crippen LogP contribution < -0.4 is 9.47 Å². The first-order chi connectivity index (χ1) is 10.6. The summed E-state index contributed by atoms with van der Waals surface area (Å²) >= 11 is 0. The second-order valence-electron chi connectivity index (χ2n) is 5.76. The van der Waals surface area contributed by atoms with Crippen LogP contribution in [0.2, 0.25) is 0 Å². The smallest absolute Gasteiger partial charge is 0.204 e. The lowest BCUT2D eigenvalue weighted by Crippen LogP contribution is -2.15. The zero-order chi connectivity index (χ0) is 15.9. The number of hydrogen-bond acceptors (Lipinski definition) is 2. The molecule has 1 aliphatic carbocycles. The van der Waals surface area contributed by atoms with Crippen LogP contribution >= 0.6 is 0 Å². The van der Waals surface area contributed by atoms with Gasteiger partial charge in [-0.1, -0.05) is 19.8 Å². The molecule has 1 atom stereocenters. The quantitative estimate of drug-likeness (QED) is 0.657. The minimum absolute atomic E-state index is 0.0510. The normalized spacial score (nSPS) is 16.7. The summed E-state index contributed by atoms with van der Waals surface area (Å²) in [4.78, 5) is 0. The second-order valence-corrected chi connectivity index (χ2v) is 5.76. The van der Waals surface area contributed by atoms with Crippen molar-refractivity contribution >= 4 is 0 Å². The Balaban J connectivity index is 1.94. The van der Waals surface area contributed by atoms with E-state index < -0.39 is 17.8 Å². The minimum atomic E-state index is -1.17. The van der Waals surface area contributed by atoms with Crippen LogP contribution in [0.25, 0.3) is 0 Å². The molecule has 0 aromatic heterocycles. The Morgan fingerprint density at radius 1 is 1.14 bits per heavy atom. The molecular weight excluding hydrogens is 293 g/mol. The van der Waals surface area contributed by atoms with Crippen LogP contribution in [-0.2, 0) is 0 Å². The van der Waals surface area contributed by atoms with Crippen LogP contribution in [0.3, 0.4) is 0 Å². The molecule has 0 saturated heterocycles. The molecule has 0 N–H and O–H groups in total. The molecule has 0 spiro atoms. The summed E-state index contributed by atoms with van der Waals surface area (Å²) in [6.45, 7) is 1.70. The van der Waals surface area contributed by atoms with Crippen LogP contribution in [0.5, 0.6) is 11.5 Å². The van der Waals surface area contributed by atoms with Crippen molar-refractivity contribution in [1.29, 1.82) is 0 Å².